The predicted octanol–water partition coefficient (Wildman–Crippen LogP) is 1.73. The van der Waals surface area contributed by atoms with Gasteiger partial charge in [-0.2, -0.15) is 0 Å². The third-order valence-electron chi connectivity index (χ3n) is 7.11. The van der Waals surface area contributed by atoms with Crippen molar-refractivity contribution in [3.63, 3.8) is 0 Å². The second kappa shape index (κ2) is 12.8. The van der Waals surface area contributed by atoms with Crippen molar-refractivity contribution in [3.8, 4) is 0 Å². The summed E-state index contributed by atoms with van der Waals surface area (Å²) in [6.07, 6.45) is 4.93. The Kier molecular flexibility index (Phi) is 11.6. The van der Waals surface area contributed by atoms with Crippen molar-refractivity contribution in [2.45, 2.75) is 128 Å². The third-order valence-corrected chi connectivity index (χ3v) is 7.11. The van der Waals surface area contributed by atoms with Crippen LogP contribution < -0.4 is 27.9 Å². The monoisotopic (exact) mass is 500 g/mol. The van der Waals surface area contributed by atoms with Gasteiger partial charge in [0.15, 0.2) is 0 Å². The molecule has 206 valence electrons. The molecule has 0 bridgehead atoms. The van der Waals surface area contributed by atoms with Gasteiger partial charge in [0.2, 0.25) is 11.8 Å². The summed E-state index contributed by atoms with van der Waals surface area (Å²) < 4.78 is 11.6. The summed E-state index contributed by atoms with van der Waals surface area (Å²) in [6, 6.07) is 0. The van der Waals surface area contributed by atoms with Gasteiger partial charge in [-0.25, -0.2) is 11.7 Å². The molecular weight excluding hydrogens is 448 g/mol. The normalized spacial score (nSPS) is 23.6. The van der Waals surface area contributed by atoms with Gasteiger partial charge in [0.1, 0.15) is 0 Å². The van der Waals surface area contributed by atoms with Gasteiger partial charge in [-0.15, -0.1) is 0 Å². The van der Waals surface area contributed by atoms with Crippen LogP contribution in [-0.2, 0) is 19.1 Å². The van der Waals surface area contributed by atoms with E-state index in [4.69, 9.17) is 21.2 Å². The van der Waals surface area contributed by atoms with E-state index in [1.165, 1.54) is 0 Å². The number of ether oxygens (including phenoxy) is 2. The van der Waals surface area contributed by atoms with Crippen LogP contribution in [0.1, 0.15) is 93.9 Å². The number of hydrazine groups is 2. The fourth-order valence-corrected chi connectivity index (χ4v) is 5.52. The molecule has 7 N–H and O–H groups in total. The molecule has 0 spiro atoms. The van der Waals surface area contributed by atoms with Gasteiger partial charge in [-0.05, 0) is 88.1 Å². The average Bonchev–Trinajstić information content (AvgIpc) is 2.69. The molecule has 0 saturated carbocycles. The first-order valence-electron chi connectivity index (χ1n) is 12.7. The van der Waals surface area contributed by atoms with Crippen LogP contribution in [0.4, 0.5) is 0 Å². The van der Waals surface area contributed by atoms with Gasteiger partial charge in [0.25, 0.3) is 0 Å². The number of nitrogens with one attached hydrogen (secondary N) is 3. The van der Waals surface area contributed by atoms with E-state index >= 15 is 0 Å². The number of amides is 2. The molecule has 2 fully saturated rings. The lowest BCUT2D eigenvalue weighted by atomic mass is 9.79. The van der Waals surface area contributed by atoms with Crippen molar-refractivity contribution in [2.75, 3.05) is 20.3 Å². The number of hydrogen-bond donors (Lipinski definition) is 5. The van der Waals surface area contributed by atoms with Crippen molar-refractivity contribution in [2.24, 2.45) is 11.7 Å². The predicted molar refractivity (Wildman–Crippen MR) is 139 cm³/mol. The molecule has 2 amide bonds. The van der Waals surface area contributed by atoms with Gasteiger partial charge in [-0.3, -0.25) is 25.3 Å². The zero-order valence-electron chi connectivity index (χ0n) is 23.5. The lowest BCUT2D eigenvalue weighted by Gasteiger charge is -2.53. The van der Waals surface area contributed by atoms with Crippen LogP contribution in [0.25, 0.3) is 0 Å². The number of carbonyl (C=O) groups is 2. The summed E-state index contributed by atoms with van der Waals surface area (Å²) in [5.41, 5.74) is 4.59. The van der Waals surface area contributed by atoms with E-state index in [1.54, 1.807) is 0 Å². The van der Waals surface area contributed by atoms with Crippen molar-refractivity contribution in [1.29, 1.82) is 0 Å². The molecule has 0 radical (unpaired) electrons. The van der Waals surface area contributed by atoms with Crippen LogP contribution in [-0.4, -0.2) is 71.3 Å². The Morgan fingerprint density at radius 3 is 1.46 bits per heavy atom. The first kappa shape index (κ1) is 31.7. The Bertz CT molecular complexity index is 661. The maximum absolute atomic E-state index is 11.0. The zero-order chi connectivity index (χ0) is 27.1. The standard InChI is InChI=1S/C13H27N3O2.C12H25N3O2/c1-12(2)8-10(9-13(3,4)16(12)5)18-7-6-11(17)15-14;1-11(2)7-9(8-12(3,4)15-11)17-6-5-10(16)14-13/h10H,6-9,14H2,1-5H3,(H,15,17);9,15H,5-8,13H2,1-4H3,(H,14,16). The van der Waals surface area contributed by atoms with Crippen molar-refractivity contribution in [1.82, 2.24) is 21.1 Å². The van der Waals surface area contributed by atoms with Gasteiger partial charge in [0.05, 0.1) is 38.3 Å². The van der Waals surface area contributed by atoms with Crippen LogP contribution in [0, 0.1) is 0 Å². The SMILES string of the molecule is CC1(C)CC(OCCC(=O)NN)CC(C)(C)N1.CN1C(C)(C)CC(OCCC(=O)NN)CC1(C)C. The summed E-state index contributed by atoms with van der Waals surface area (Å²) in [5, 5.41) is 3.59. The largest absolute Gasteiger partial charge is 0.378 e. The molecule has 2 aliphatic rings. The number of rotatable bonds is 8. The molecule has 2 rings (SSSR count). The molecule has 10 heteroatoms. The number of hydrogen-bond acceptors (Lipinski definition) is 8. The van der Waals surface area contributed by atoms with Crippen molar-refractivity contribution < 1.29 is 19.1 Å². The van der Waals surface area contributed by atoms with E-state index < -0.39 is 0 Å². The summed E-state index contributed by atoms with van der Waals surface area (Å²) in [5.74, 6) is 9.68. The van der Waals surface area contributed by atoms with E-state index in [-0.39, 0.29) is 46.2 Å². The second-order valence-electron chi connectivity index (χ2n) is 12.5. The number of likely N-dealkylation sites (tertiary alicyclic amines) is 1. The Hall–Kier alpha value is -1.30. The molecule has 35 heavy (non-hydrogen) atoms. The smallest absolute Gasteiger partial charge is 0.236 e. The Labute approximate surface area is 212 Å². The van der Waals surface area contributed by atoms with Crippen LogP contribution >= 0.6 is 0 Å². The maximum Gasteiger partial charge on any atom is 0.236 e. The molecule has 2 heterocycles. The number of piperidine rings is 2. The van der Waals surface area contributed by atoms with E-state index in [0.717, 1.165) is 25.7 Å². The Morgan fingerprint density at radius 2 is 1.11 bits per heavy atom. The summed E-state index contributed by atoms with van der Waals surface area (Å²) >= 11 is 0. The molecule has 0 aromatic heterocycles. The fraction of sp³-hybridized carbons (Fsp3) is 0.920. The summed E-state index contributed by atoms with van der Waals surface area (Å²) in [4.78, 5) is 24.4. The Morgan fingerprint density at radius 1 is 0.771 bits per heavy atom. The second-order valence-corrected chi connectivity index (χ2v) is 12.5. The highest BCUT2D eigenvalue weighted by Crippen LogP contribution is 2.38. The molecule has 2 aliphatic heterocycles. The number of carbonyl (C=O) groups excluding carboxylic acids is 2. The minimum absolute atomic E-state index is 0.0720. The minimum Gasteiger partial charge on any atom is -0.378 e. The zero-order valence-corrected chi connectivity index (χ0v) is 23.5. The van der Waals surface area contributed by atoms with Gasteiger partial charge in [0, 0.05) is 22.2 Å². The molecule has 0 atom stereocenters. The Balaban J connectivity index is 0.000000351. The fourth-order valence-electron chi connectivity index (χ4n) is 5.52. The summed E-state index contributed by atoms with van der Waals surface area (Å²) in [6.45, 7) is 18.5. The lowest BCUT2D eigenvalue weighted by molar-refractivity contribution is -0.125. The molecular formula is C25H52N6O4. The van der Waals surface area contributed by atoms with Crippen LogP contribution in [0.2, 0.25) is 0 Å². The highest BCUT2D eigenvalue weighted by Gasteiger charge is 2.43. The first-order valence-corrected chi connectivity index (χ1v) is 12.7. The molecule has 10 nitrogen and oxygen atoms in total. The van der Waals surface area contributed by atoms with Gasteiger partial charge in [-0.1, -0.05) is 0 Å². The highest BCUT2D eigenvalue weighted by molar-refractivity contribution is 5.75. The van der Waals surface area contributed by atoms with Crippen LogP contribution in [0.5, 0.6) is 0 Å². The third kappa shape index (κ3) is 11.1. The summed E-state index contributed by atoms with van der Waals surface area (Å²) in [7, 11) is 2.16. The van der Waals surface area contributed by atoms with E-state index in [2.05, 4.69) is 83.5 Å². The van der Waals surface area contributed by atoms with E-state index in [0.29, 0.717) is 26.1 Å². The quantitative estimate of drug-likeness (QED) is 0.193. The topological polar surface area (TPSA) is 144 Å². The van der Waals surface area contributed by atoms with Gasteiger partial charge >= 0.3 is 0 Å². The molecule has 0 aromatic rings. The van der Waals surface area contributed by atoms with Crippen molar-refractivity contribution in [3.05, 3.63) is 0 Å². The lowest BCUT2D eigenvalue weighted by Crippen LogP contribution is -2.60. The van der Waals surface area contributed by atoms with E-state index in [9.17, 15) is 9.59 Å². The molecule has 2 saturated heterocycles. The molecule has 0 unspecified atom stereocenters. The first-order chi connectivity index (χ1) is 15.9. The minimum atomic E-state index is -0.183. The number of nitrogens with zero attached hydrogens (tertiary/aromatic N) is 1. The van der Waals surface area contributed by atoms with Crippen LogP contribution in [0.15, 0.2) is 0 Å². The maximum atomic E-state index is 11.0. The van der Waals surface area contributed by atoms with E-state index in [1.807, 2.05) is 0 Å². The highest BCUT2D eigenvalue weighted by atomic mass is 16.5. The van der Waals surface area contributed by atoms with Crippen molar-refractivity contribution >= 4 is 11.8 Å². The number of nitrogens with two attached hydrogens (primary N) is 2. The van der Waals surface area contributed by atoms with Gasteiger partial charge < -0.3 is 14.8 Å². The average molecular weight is 501 g/mol. The molecule has 0 aromatic carbocycles. The molecule has 0 aliphatic carbocycles. The van der Waals surface area contributed by atoms with Crippen LogP contribution in [0.3, 0.4) is 0 Å².